The third-order valence-corrected chi connectivity index (χ3v) is 2.59. The van der Waals surface area contributed by atoms with Gasteiger partial charge in [-0.05, 0) is 19.9 Å². The summed E-state index contributed by atoms with van der Waals surface area (Å²) in [5.74, 6) is 0.962. The average molecular weight is 201 g/mol. The summed E-state index contributed by atoms with van der Waals surface area (Å²) in [6.45, 7) is 3.41. The molecule has 5 heteroatoms. The van der Waals surface area contributed by atoms with Gasteiger partial charge in [0.15, 0.2) is 0 Å². The summed E-state index contributed by atoms with van der Waals surface area (Å²) in [7, 11) is 0. The number of aromatic amines is 1. The minimum absolute atomic E-state index is 0.105. The van der Waals surface area contributed by atoms with Crippen LogP contribution in [0.5, 0.6) is 0 Å². The maximum absolute atomic E-state index is 12.4. The van der Waals surface area contributed by atoms with Crippen LogP contribution in [0.1, 0.15) is 36.0 Å². The van der Waals surface area contributed by atoms with Gasteiger partial charge in [0.05, 0.1) is 0 Å². The lowest BCUT2D eigenvalue weighted by Crippen LogP contribution is -2.08. The second-order valence-electron chi connectivity index (χ2n) is 3.62. The summed E-state index contributed by atoms with van der Waals surface area (Å²) >= 11 is 0. The first-order chi connectivity index (χ1) is 6.68. The van der Waals surface area contributed by atoms with Gasteiger partial charge in [-0.1, -0.05) is 0 Å². The van der Waals surface area contributed by atoms with Crippen molar-refractivity contribution in [2.45, 2.75) is 25.7 Å². The van der Waals surface area contributed by atoms with Crippen LogP contribution in [-0.4, -0.2) is 23.1 Å². The Morgan fingerprint density at radius 1 is 1.50 bits per heavy atom. The normalized spacial score (nSPS) is 22.1. The minimum Gasteiger partial charge on any atom is -0.345 e. The van der Waals surface area contributed by atoms with Gasteiger partial charge in [-0.25, -0.2) is 13.8 Å². The molecular formula is C9H13F2N3. The van der Waals surface area contributed by atoms with Crippen molar-refractivity contribution >= 4 is 0 Å². The minimum atomic E-state index is -2.48. The Hall–Kier alpha value is -0.970. The first kappa shape index (κ1) is 9.58. The van der Waals surface area contributed by atoms with Gasteiger partial charge in [-0.15, -0.1) is 0 Å². The lowest BCUT2D eigenvalue weighted by atomic mass is 10.1. The number of hydrogen-bond acceptors (Lipinski definition) is 2. The molecule has 2 heterocycles. The molecule has 1 fully saturated rings. The molecule has 0 saturated carbocycles. The van der Waals surface area contributed by atoms with Crippen LogP contribution in [0.25, 0.3) is 0 Å². The topological polar surface area (TPSA) is 40.7 Å². The van der Waals surface area contributed by atoms with Crippen LogP contribution < -0.4 is 5.32 Å². The van der Waals surface area contributed by atoms with E-state index < -0.39 is 6.43 Å². The van der Waals surface area contributed by atoms with Crippen LogP contribution >= 0.6 is 0 Å². The van der Waals surface area contributed by atoms with E-state index in [0.29, 0.717) is 11.5 Å². The summed E-state index contributed by atoms with van der Waals surface area (Å²) in [6.07, 6.45) is -1.51. The van der Waals surface area contributed by atoms with Crippen molar-refractivity contribution < 1.29 is 8.78 Å². The zero-order valence-corrected chi connectivity index (χ0v) is 7.98. The Balaban J connectivity index is 2.22. The van der Waals surface area contributed by atoms with Crippen LogP contribution in [-0.2, 0) is 0 Å². The smallest absolute Gasteiger partial charge is 0.282 e. The zero-order chi connectivity index (χ0) is 10.1. The highest BCUT2D eigenvalue weighted by Crippen LogP contribution is 2.25. The fraction of sp³-hybridized carbons (Fsp3) is 0.667. The molecule has 0 amide bonds. The molecule has 0 radical (unpaired) electrons. The molecule has 1 aromatic heterocycles. The van der Waals surface area contributed by atoms with Crippen molar-refractivity contribution in [3.05, 3.63) is 17.2 Å². The van der Waals surface area contributed by atoms with Crippen molar-refractivity contribution in [3.8, 4) is 0 Å². The van der Waals surface area contributed by atoms with Crippen LogP contribution in [0.4, 0.5) is 8.78 Å². The third kappa shape index (κ3) is 1.64. The van der Waals surface area contributed by atoms with E-state index in [4.69, 9.17) is 0 Å². The molecule has 0 aromatic carbocycles. The number of halogens is 2. The molecule has 78 valence electrons. The van der Waals surface area contributed by atoms with E-state index >= 15 is 0 Å². The Morgan fingerprint density at radius 3 is 2.79 bits per heavy atom. The second kappa shape index (κ2) is 3.65. The molecule has 2 N–H and O–H groups in total. The quantitative estimate of drug-likeness (QED) is 0.765. The van der Waals surface area contributed by atoms with E-state index in [1.165, 1.54) is 0 Å². The molecule has 14 heavy (non-hydrogen) atoms. The molecule has 1 aromatic rings. The SMILES string of the molecule is Cc1[nH]c(C2CCNC2)nc1C(F)F. The molecule has 1 saturated heterocycles. The van der Waals surface area contributed by atoms with Crippen molar-refractivity contribution in [2.75, 3.05) is 13.1 Å². The molecule has 1 aliphatic rings. The van der Waals surface area contributed by atoms with E-state index in [9.17, 15) is 8.78 Å². The Bertz CT molecular complexity index is 316. The predicted molar refractivity (Wildman–Crippen MR) is 48.5 cm³/mol. The Labute approximate surface area is 80.9 Å². The van der Waals surface area contributed by atoms with Gasteiger partial charge in [0, 0.05) is 18.2 Å². The fourth-order valence-corrected chi connectivity index (χ4v) is 1.79. The number of alkyl halides is 2. The number of aryl methyl sites for hydroxylation is 1. The van der Waals surface area contributed by atoms with Gasteiger partial charge in [0.25, 0.3) is 6.43 Å². The van der Waals surface area contributed by atoms with E-state index in [-0.39, 0.29) is 11.6 Å². The monoisotopic (exact) mass is 201 g/mol. The lowest BCUT2D eigenvalue weighted by molar-refractivity contribution is 0.145. The van der Waals surface area contributed by atoms with Crippen LogP contribution in [0, 0.1) is 6.92 Å². The van der Waals surface area contributed by atoms with E-state index in [2.05, 4.69) is 15.3 Å². The van der Waals surface area contributed by atoms with Crippen LogP contribution in [0.2, 0.25) is 0 Å². The van der Waals surface area contributed by atoms with Crippen molar-refractivity contribution in [2.24, 2.45) is 0 Å². The zero-order valence-electron chi connectivity index (χ0n) is 7.98. The van der Waals surface area contributed by atoms with Crippen LogP contribution in [0.3, 0.4) is 0 Å². The summed E-state index contributed by atoms with van der Waals surface area (Å²) < 4.78 is 24.9. The van der Waals surface area contributed by atoms with Gasteiger partial charge < -0.3 is 10.3 Å². The van der Waals surface area contributed by atoms with E-state index in [1.54, 1.807) is 6.92 Å². The number of imidazole rings is 1. The van der Waals surface area contributed by atoms with E-state index in [1.807, 2.05) is 0 Å². The average Bonchev–Trinajstić information content (AvgIpc) is 2.70. The van der Waals surface area contributed by atoms with Gasteiger partial charge in [0.2, 0.25) is 0 Å². The fourth-order valence-electron chi connectivity index (χ4n) is 1.79. The molecule has 1 unspecified atom stereocenters. The molecule has 3 nitrogen and oxygen atoms in total. The highest BCUT2D eigenvalue weighted by Gasteiger charge is 2.23. The van der Waals surface area contributed by atoms with Crippen molar-refractivity contribution in [1.29, 1.82) is 0 Å². The maximum atomic E-state index is 12.4. The summed E-state index contributed by atoms with van der Waals surface area (Å²) in [6, 6.07) is 0. The molecule has 0 aliphatic carbocycles. The number of hydrogen-bond donors (Lipinski definition) is 2. The molecule has 0 bridgehead atoms. The van der Waals surface area contributed by atoms with Gasteiger partial charge in [-0.3, -0.25) is 0 Å². The van der Waals surface area contributed by atoms with Crippen molar-refractivity contribution in [3.63, 3.8) is 0 Å². The highest BCUT2D eigenvalue weighted by molar-refractivity contribution is 5.17. The molecular weight excluding hydrogens is 188 g/mol. The molecule has 1 aliphatic heterocycles. The Morgan fingerprint density at radius 2 is 2.29 bits per heavy atom. The van der Waals surface area contributed by atoms with Gasteiger partial charge in [0.1, 0.15) is 11.5 Å². The number of nitrogens with one attached hydrogen (secondary N) is 2. The number of H-pyrrole nitrogens is 1. The standard InChI is InChI=1S/C9H13F2N3/c1-5-7(8(10)11)14-9(13-5)6-2-3-12-4-6/h6,8,12H,2-4H2,1H3,(H,13,14). The summed E-state index contributed by atoms with van der Waals surface area (Å²) in [4.78, 5) is 6.88. The molecule has 0 spiro atoms. The molecule has 2 rings (SSSR count). The first-order valence-corrected chi connectivity index (χ1v) is 4.73. The summed E-state index contributed by atoms with van der Waals surface area (Å²) in [5, 5.41) is 3.18. The van der Waals surface area contributed by atoms with Crippen molar-refractivity contribution in [1.82, 2.24) is 15.3 Å². The number of nitrogens with zero attached hydrogens (tertiary/aromatic N) is 1. The summed E-state index contributed by atoms with van der Waals surface area (Å²) in [5.41, 5.74) is 0.383. The second-order valence-corrected chi connectivity index (χ2v) is 3.62. The predicted octanol–water partition coefficient (Wildman–Crippen LogP) is 1.73. The largest absolute Gasteiger partial charge is 0.345 e. The number of rotatable bonds is 2. The molecule has 1 atom stereocenters. The van der Waals surface area contributed by atoms with E-state index in [0.717, 1.165) is 19.5 Å². The Kier molecular flexibility index (Phi) is 2.50. The third-order valence-electron chi connectivity index (χ3n) is 2.59. The number of aromatic nitrogens is 2. The van der Waals surface area contributed by atoms with Gasteiger partial charge >= 0.3 is 0 Å². The first-order valence-electron chi connectivity index (χ1n) is 4.73. The lowest BCUT2D eigenvalue weighted by Gasteiger charge is -2.02. The van der Waals surface area contributed by atoms with Crippen LogP contribution in [0.15, 0.2) is 0 Å². The van der Waals surface area contributed by atoms with Gasteiger partial charge in [-0.2, -0.15) is 0 Å². The highest BCUT2D eigenvalue weighted by atomic mass is 19.3. The maximum Gasteiger partial charge on any atom is 0.282 e.